The number of Topliss-reactive ketones (excluding diaryl/α,β-unsaturated/α-hetero) is 1. The van der Waals surface area contributed by atoms with Crippen LogP contribution in [0.2, 0.25) is 0 Å². The Morgan fingerprint density at radius 1 is 1.38 bits per heavy atom. The molecule has 0 amide bonds. The summed E-state index contributed by atoms with van der Waals surface area (Å²) in [5.41, 5.74) is 0.866. The molecule has 0 unspecified atom stereocenters. The fourth-order valence-electron chi connectivity index (χ4n) is 1.82. The third-order valence-electron chi connectivity index (χ3n) is 2.35. The van der Waals surface area contributed by atoms with Gasteiger partial charge in [0.1, 0.15) is 5.69 Å². The van der Waals surface area contributed by atoms with Crippen molar-refractivity contribution in [3.05, 3.63) is 15.6 Å². The maximum Gasteiger partial charge on any atom is 0.182 e. The molecule has 0 fully saturated rings. The van der Waals surface area contributed by atoms with Gasteiger partial charge in [-0.3, -0.25) is 4.79 Å². The van der Waals surface area contributed by atoms with Crippen molar-refractivity contribution in [1.29, 1.82) is 0 Å². The molecule has 0 saturated heterocycles. The molecule has 0 aliphatic heterocycles. The predicted octanol–water partition coefficient (Wildman–Crippen LogP) is 2.61. The maximum absolute atomic E-state index is 11.7. The smallest absolute Gasteiger partial charge is 0.182 e. The summed E-state index contributed by atoms with van der Waals surface area (Å²) >= 11 is 1.66. The first kappa shape index (κ1) is 8.88. The van der Waals surface area contributed by atoms with Crippen molar-refractivity contribution in [2.24, 2.45) is 5.41 Å². The van der Waals surface area contributed by atoms with Crippen LogP contribution >= 0.6 is 11.3 Å². The zero-order valence-corrected chi connectivity index (χ0v) is 8.99. The monoisotopic (exact) mass is 195 g/mol. The molecule has 0 bridgehead atoms. The number of ketones is 1. The van der Waals surface area contributed by atoms with Gasteiger partial charge in [0.05, 0.1) is 5.01 Å². The summed E-state index contributed by atoms with van der Waals surface area (Å²) < 4.78 is 0. The summed E-state index contributed by atoms with van der Waals surface area (Å²) in [6.45, 7) is 6.25. The highest BCUT2D eigenvalue weighted by Gasteiger charge is 2.33. The Hall–Kier alpha value is -0.700. The zero-order valence-electron chi connectivity index (χ0n) is 8.18. The lowest BCUT2D eigenvalue weighted by atomic mass is 9.78. The maximum atomic E-state index is 11.7. The summed E-state index contributed by atoms with van der Waals surface area (Å²) in [4.78, 5) is 17.1. The summed E-state index contributed by atoms with van der Waals surface area (Å²) in [6.07, 6.45) is 1.64. The summed E-state index contributed by atoms with van der Waals surface area (Å²) in [5.74, 6) is 0.218. The van der Waals surface area contributed by atoms with Gasteiger partial charge in [0.15, 0.2) is 5.78 Å². The SMILES string of the molecule is Cc1nc2c(s1)CC(C)(C)CC2=O. The number of rotatable bonds is 0. The molecule has 0 saturated carbocycles. The first-order valence-electron chi connectivity index (χ1n) is 4.47. The minimum absolute atomic E-state index is 0.128. The van der Waals surface area contributed by atoms with Crippen LogP contribution in [0.1, 0.15) is 40.6 Å². The molecule has 13 heavy (non-hydrogen) atoms. The van der Waals surface area contributed by atoms with Crippen LogP contribution in [0.4, 0.5) is 0 Å². The van der Waals surface area contributed by atoms with E-state index in [1.807, 2.05) is 6.92 Å². The van der Waals surface area contributed by atoms with E-state index in [0.717, 1.165) is 17.1 Å². The molecule has 0 aromatic carbocycles. The van der Waals surface area contributed by atoms with E-state index in [2.05, 4.69) is 18.8 Å². The van der Waals surface area contributed by atoms with Gasteiger partial charge in [0, 0.05) is 11.3 Å². The van der Waals surface area contributed by atoms with Crippen molar-refractivity contribution in [1.82, 2.24) is 4.98 Å². The van der Waals surface area contributed by atoms with Crippen LogP contribution in [0.3, 0.4) is 0 Å². The largest absolute Gasteiger partial charge is 0.292 e. The van der Waals surface area contributed by atoms with Crippen LogP contribution in [0, 0.1) is 12.3 Å². The molecule has 1 aliphatic rings. The Morgan fingerprint density at radius 3 is 2.77 bits per heavy atom. The van der Waals surface area contributed by atoms with Crippen molar-refractivity contribution in [3.8, 4) is 0 Å². The van der Waals surface area contributed by atoms with Crippen LogP contribution in [0.15, 0.2) is 0 Å². The Labute approximate surface area is 82.0 Å². The second kappa shape index (κ2) is 2.64. The van der Waals surface area contributed by atoms with E-state index in [9.17, 15) is 4.79 Å². The number of thiazole rings is 1. The Kier molecular flexibility index (Phi) is 1.80. The molecule has 0 radical (unpaired) electrons. The number of aromatic nitrogens is 1. The second-order valence-electron chi connectivity index (χ2n) is 4.45. The molecular formula is C10H13NOS. The van der Waals surface area contributed by atoms with Gasteiger partial charge < -0.3 is 0 Å². The Morgan fingerprint density at radius 2 is 2.08 bits per heavy atom. The lowest BCUT2D eigenvalue weighted by Gasteiger charge is -2.26. The van der Waals surface area contributed by atoms with Crippen LogP contribution in [-0.4, -0.2) is 10.8 Å². The number of hydrogen-bond donors (Lipinski definition) is 0. The minimum atomic E-state index is 0.128. The molecule has 0 N–H and O–H groups in total. The van der Waals surface area contributed by atoms with Gasteiger partial charge in [-0.2, -0.15) is 0 Å². The highest BCUT2D eigenvalue weighted by molar-refractivity contribution is 7.11. The average Bonchev–Trinajstić information content (AvgIpc) is 2.27. The van der Waals surface area contributed by atoms with Crippen molar-refractivity contribution in [2.75, 3.05) is 0 Å². The van der Waals surface area contributed by atoms with E-state index in [-0.39, 0.29) is 11.2 Å². The third kappa shape index (κ3) is 1.53. The van der Waals surface area contributed by atoms with Crippen LogP contribution < -0.4 is 0 Å². The summed E-state index contributed by atoms with van der Waals surface area (Å²) in [6, 6.07) is 0. The first-order chi connectivity index (χ1) is 5.98. The van der Waals surface area contributed by atoms with E-state index in [1.165, 1.54) is 4.88 Å². The molecule has 1 aliphatic carbocycles. The van der Waals surface area contributed by atoms with Gasteiger partial charge in [-0.15, -0.1) is 11.3 Å². The number of carbonyl (C=O) groups is 1. The average molecular weight is 195 g/mol. The van der Waals surface area contributed by atoms with Crippen molar-refractivity contribution in [2.45, 2.75) is 33.6 Å². The van der Waals surface area contributed by atoms with E-state index >= 15 is 0 Å². The van der Waals surface area contributed by atoms with E-state index in [1.54, 1.807) is 11.3 Å². The van der Waals surface area contributed by atoms with Crippen molar-refractivity contribution in [3.63, 3.8) is 0 Å². The molecule has 0 spiro atoms. The van der Waals surface area contributed by atoms with Crippen LogP contribution in [0.5, 0.6) is 0 Å². The molecular weight excluding hydrogens is 182 g/mol. The van der Waals surface area contributed by atoms with Gasteiger partial charge in [-0.1, -0.05) is 13.8 Å². The first-order valence-corrected chi connectivity index (χ1v) is 5.29. The van der Waals surface area contributed by atoms with Crippen LogP contribution in [-0.2, 0) is 6.42 Å². The molecule has 3 heteroatoms. The summed E-state index contributed by atoms with van der Waals surface area (Å²) in [5, 5.41) is 1.01. The molecule has 1 aromatic rings. The lowest BCUT2D eigenvalue weighted by molar-refractivity contribution is 0.0908. The molecule has 0 atom stereocenters. The molecule has 2 nitrogen and oxygen atoms in total. The Balaban J connectivity index is 2.48. The highest BCUT2D eigenvalue weighted by atomic mass is 32.1. The minimum Gasteiger partial charge on any atom is -0.292 e. The number of carbonyl (C=O) groups excluding carboxylic acids is 1. The molecule has 1 aromatic heterocycles. The predicted molar refractivity (Wildman–Crippen MR) is 53.3 cm³/mol. The number of fused-ring (bicyclic) bond motifs is 1. The topological polar surface area (TPSA) is 30.0 Å². The van der Waals surface area contributed by atoms with Crippen LogP contribution in [0.25, 0.3) is 0 Å². The third-order valence-corrected chi connectivity index (χ3v) is 3.32. The van der Waals surface area contributed by atoms with Gasteiger partial charge in [0.25, 0.3) is 0 Å². The van der Waals surface area contributed by atoms with Gasteiger partial charge in [-0.05, 0) is 18.8 Å². The fraction of sp³-hybridized carbons (Fsp3) is 0.600. The zero-order chi connectivity index (χ0) is 9.64. The fourth-order valence-corrected chi connectivity index (χ4v) is 3.04. The quantitative estimate of drug-likeness (QED) is 0.637. The van der Waals surface area contributed by atoms with Gasteiger partial charge >= 0.3 is 0 Å². The molecule has 70 valence electrons. The van der Waals surface area contributed by atoms with E-state index in [0.29, 0.717) is 6.42 Å². The molecule has 1 heterocycles. The van der Waals surface area contributed by atoms with Crippen molar-refractivity contribution < 1.29 is 4.79 Å². The standard InChI is InChI=1S/C10H13NOS/c1-6-11-9-7(12)4-10(2,3)5-8(9)13-6/h4-5H2,1-3H3. The van der Waals surface area contributed by atoms with E-state index < -0.39 is 0 Å². The normalized spacial score (nSPS) is 20.1. The summed E-state index contributed by atoms with van der Waals surface area (Å²) in [7, 11) is 0. The van der Waals surface area contributed by atoms with Crippen molar-refractivity contribution >= 4 is 17.1 Å². The molecule has 2 rings (SSSR count). The number of nitrogens with zero attached hydrogens (tertiary/aromatic N) is 1. The second-order valence-corrected chi connectivity index (χ2v) is 5.73. The lowest BCUT2D eigenvalue weighted by Crippen LogP contribution is -2.26. The number of aryl methyl sites for hydroxylation is 1. The van der Waals surface area contributed by atoms with Gasteiger partial charge in [0.2, 0.25) is 0 Å². The number of hydrogen-bond acceptors (Lipinski definition) is 3. The highest BCUT2D eigenvalue weighted by Crippen LogP contribution is 2.36. The van der Waals surface area contributed by atoms with Gasteiger partial charge in [-0.25, -0.2) is 4.98 Å². The van der Waals surface area contributed by atoms with E-state index in [4.69, 9.17) is 0 Å². The Bertz CT molecular complexity index is 365.